The monoisotopic (exact) mass is 216 g/mol. The molecule has 1 aliphatic rings. The molecule has 1 aromatic rings. The van der Waals surface area contributed by atoms with E-state index in [9.17, 15) is 0 Å². The Hall–Kier alpha value is -1.08. The smallest absolute Gasteiger partial charge is 0.0821 e. The summed E-state index contributed by atoms with van der Waals surface area (Å²) in [5.41, 5.74) is 6.01. The summed E-state index contributed by atoms with van der Waals surface area (Å²) in [5.74, 6) is 0. The number of benzene rings is 1. The molecule has 0 fully saturated rings. The van der Waals surface area contributed by atoms with E-state index in [1.807, 2.05) is 0 Å². The molecule has 1 heteroatoms. The van der Waals surface area contributed by atoms with Crippen LogP contribution in [0.3, 0.4) is 0 Å². The van der Waals surface area contributed by atoms with Gasteiger partial charge in [0.15, 0.2) is 0 Å². The lowest BCUT2D eigenvalue weighted by Crippen LogP contribution is -2.36. The molecule has 86 valence electrons. The van der Waals surface area contributed by atoms with Crippen LogP contribution in [0.1, 0.15) is 23.6 Å². The van der Waals surface area contributed by atoms with Gasteiger partial charge < -0.3 is 4.48 Å². The molecule has 0 radical (unpaired) electrons. The van der Waals surface area contributed by atoms with E-state index in [0.717, 1.165) is 10.9 Å². The van der Waals surface area contributed by atoms with Gasteiger partial charge in [-0.1, -0.05) is 29.8 Å². The fourth-order valence-electron chi connectivity index (χ4n) is 2.28. The van der Waals surface area contributed by atoms with Gasteiger partial charge in [0.1, 0.15) is 0 Å². The Morgan fingerprint density at radius 1 is 1.19 bits per heavy atom. The number of rotatable bonds is 3. The fourth-order valence-corrected chi connectivity index (χ4v) is 2.28. The maximum Gasteiger partial charge on any atom is 0.0821 e. The predicted octanol–water partition coefficient (Wildman–Crippen LogP) is 2.89. The van der Waals surface area contributed by atoms with Gasteiger partial charge in [0, 0.05) is 6.42 Å². The Bertz CT molecular complexity index is 422. The van der Waals surface area contributed by atoms with Gasteiger partial charge in [0.2, 0.25) is 0 Å². The highest BCUT2D eigenvalue weighted by atomic mass is 15.3. The predicted molar refractivity (Wildman–Crippen MR) is 70.4 cm³/mol. The summed E-state index contributed by atoms with van der Waals surface area (Å²) in [5, 5.41) is 0. The number of hydrogen-bond donors (Lipinski definition) is 0. The molecule has 0 amide bonds. The van der Waals surface area contributed by atoms with E-state index in [-0.39, 0.29) is 0 Å². The first kappa shape index (κ1) is 11.4. The van der Waals surface area contributed by atoms with E-state index in [1.165, 1.54) is 35.2 Å². The van der Waals surface area contributed by atoms with E-state index >= 15 is 0 Å². The van der Waals surface area contributed by atoms with Crippen molar-refractivity contribution in [3.8, 4) is 0 Å². The second-order valence-corrected chi connectivity index (χ2v) is 5.92. The van der Waals surface area contributed by atoms with Gasteiger partial charge in [-0.3, -0.25) is 0 Å². The molecule has 0 unspecified atom stereocenters. The molecule has 0 spiro atoms. The van der Waals surface area contributed by atoms with E-state index in [2.05, 4.69) is 52.3 Å². The molecule has 2 rings (SSSR count). The molecule has 0 aliphatic heterocycles. The van der Waals surface area contributed by atoms with Crippen molar-refractivity contribution in [2.75, 3.05) is 27.7 Å². The Balaban J connectivity index is 2.20. The third-order valence-electron chi connectivity index (χ3n) is 3.20. The molecular weight excluding hydrogens is 194 g/mol. The van der Waals surface area contributed by atoms with Crippen molar-refractivity contribution in [2.45, 2.75) is 19.8 Å². The van der Waals surface area contributed by atoms with Crippen LogP contribution in [0.2, 0.25) is 0 Å². The minimum absolute atomic E-state index is 1.03. The third-order valence-corrected chi connectivity index (χ3v) is 3.20. The molecular formula is C15H22N+. The van der Waals surface area contributed by atoms with Crippen molar-refractivity contribution in [1.29, 1.82) is 0 Å². The van der Waals surface area contributed by atoms with E-state index in [4.69, 9.17) is 0 Å². The van der Waals surface area contributed by atoms with E-state index in [0.29, 0.717) is 0 Å². The maximum atomic E-state index is 2.36. The topological polar surface area (TPSA) is 0 Å². The largest absolute Gasteiger partial charge is 0.331 e. The molecule has 1 aliphatic carbocycles. The van der Waals surface area contributed by atoms with E-state index in [1.54, 1.807) is 0 Å². The van der Waals surface area contributed by atoms with Crippen molar-refractivity contribution in [3.05, 3.63) is 40.5 Å². The van der Waals surface area contributed by atoms with Crippen molar-refractivity contribution >= 4 is 6.08 Å². The zero-order valence-electron chi connectivity index (χ0n) is 10.9. The number of quaternary nitrogens is 1. The standard InChI is InChI=1S/C15H22N/c1-12-10-14-7-5-6-13(15(14)11-12)8-9-16(2,3)4/h5-7,11H,8-10H2,1-4H3/q+1. The van der Waals surface area contributed by atoms with Gasteiger partial charge in [-0.2, -0.15) is 0 Å². The maximum absolute atomic E-state index is 2.36. The van der Waals surface area contributed by atoms with Gasteiger partial charge in [0.05, 0.1) is 27.7 Å². The molecule has 0 aromatic heterocycles. The van der Waals surface area contributed by atoms with Gasteiger partial charge in [-0.05, 0) is 30.0 Å². The second-order valence-electron chi connectivity index (χ2n) is 5.92. The summed E-state index contributed by atoms with van der Waals surface area (Å²) in [7, 11) is 6.76. The summed E-state index contributed by atoms with van der Waals surface area (Å²) in [4.78, 5) is 0. The first-order chi connectivity index (χ1) is 7.46. The summed E-state index contributed by atoms with van der Waals surface area (Å²) < 4.78 is 1.03. The quantitative estimate of drug-likeness (QED) is 0.682. The Morgan fingerprint density at radius 3 is 2.62 bits per heavy atom. The lowest BCUT2D eigenvalue weighted by molar-refractivity contribution is -0.870. The fraction of sp³-hybridized carbons (Fsp3) is 0.467. The molecule has 0 N–H and O–H groups in total. The van der Waals surface area contributed by atoms with Crippen LogP contribution >= 0.6 is 0 Å². The SMILES string of the molecule is CC1=Cc2c(CC[N+](C)(C)C)cccc2C1. The molecule has 1 aromatic carbocycles. The summed E-state index contributed by atoms with van der Waals surface area (Å²) in [6.07, 6.45) is 4.68. The summed E-state index contributed by atoms with van der Waals surface area (Å²) in [6.45, 7) is 3.42. The molecule has 0 saturated carbocycles. The highest BCUT2D eigenvalue weighted by Crippen LogP contribution is 2.28. The van der Waals surface area contributed by atoms with Crippen LogP contribution in [0.5, 0.6) is 0 Å². The van der Waals surface area contributed by atoms with E-state index < -0.39 is 0 Å². The zero-order valence-corrected chi connectivity index (χ0v) is 10.9. The van der Waals surface area contributed by atoms with Crippen LogP contribution < -0.4 is 0 Å². The van der Waals surface area contributed by atoms with Crippen molar-refractivity contribution in [3.63, 3.8) is 0 Å². The highest BCUT2D eigenvalue weighted by molar-refractivity contribution is 5.66. The number of hydrogen-bond acceptors (Lipinski definition) is 0. The lowest BCUT2D eigenvalue weighted by atomic mass is 10.0. The first-order valence-corrected chi connectivity index (χ1v) is 6.04. The summed E-state index contributed by atoms with van der Waals surface area (Å²) in [6, 6.07) is 6.75. The van der Waals surface area contributed by atoms with Crippen LogP contribution in [-0.2, 0) is 12.8 Å². The molecule has 0 atom stereocenters. The Morgan fingerprint density at radius 2 is 1.94 bits per heavy atom. The van der Waals surface area contributed by atoms with Gasteiger partial charge in [-0.15, -0.1) is 0 Å². The van der Waals surface area contributed by atoms with Gasteiger partial charge in [0.25, 0.3) is 0 Å². The number of likely N-dealkylation sites (N-methyl/N-ethyl adjacent to an activating group) is 1. The minimum atomic E-state index is 1.03. The number of allylic oxidation sites excluding steroid dienone is 1. The molecule has 0 heterocycles. The van der Waals surface area contributed by atoms with Crippen molar-refractivity contribution in [2.24, 2.45) is 0 Å². The molecule has 16 heavy (non-hydrogen) atoms. The zero-order chi connectivity index (χ0) is 11.8. The van der Waals surface area contributed by atoms with Crippen LogP contribution in [0.15, 0.2) is 23.8 Å². The summed E-state index contributed by atoms with van der Waals surface area (Å²) >= 11 is 0. The van der Waals surface area contributed by atoms with Gasteiger partial charge >= 0.3 is 0 Å². The first-order valence-electron chi connectivity index (χ1n) is 6.04. The van der Waals surface area contributed by atoms with Crippen LogP contribution in [0, 0.1) is 0 Å². The molecule has 1 nitrogen and oxygen atoms in total. The number of fused-ring (bicyclic) bond motifs is 1. The third kappa shape index (κ3) is 2.53. The average molecular weight is 216 g/mol. The van der Waals surface area contributed by atoms with Crippen molar-refractivity contribution < 1.29 is 4.48 Å². The minimum Gasteiger partial charge on any atom is -0.331 e. The lowest BCUT2D eigenvalue weighted by Gasteiger charge is -2.24. The van der Waals surface area contributed by atoms with Crippen molar-refractivity contribution in [1.82, 2.24) is 0 Å². The number of nitrogens with zero attached hydrogens (tertiary/aromatic N) is 1. The van der Waals surface area contributed by atoms with Crippen LogP contribution in [0.4, 0.5) is 0 Å². The van der Waals surface area contributed by atoms with Crippen LogP contribution in [-0.4, -0.2) is 32.2 Å². The second kappa shape index (κ2) is 4.06. The molecule has 0 saturated heterocycles. The van der Waals surface area contributed by atoms with Crippen LogP contribution in [0.25, 0.3) is 6.08 Å². The Labute approximate surface area is 99.0 Å². The Kier molecular flexibility index (Phi) is 2.90. The average Bonchev–Trinajstić information content (AvgIpc) is 2.54. The van der Waals surface area contributed by atoms with Gasteiger partial charge in [-0.25, -0.2) is 0 Å². The normalized spacial score (nSPS) is 14.9. The highest BCUT2D eigenvalue weighted by Gasteiger charge is 2.15. The molecule has 0 bridgehead atoms.